The maximum absolute atomic E-state index is 2.62. The molecule has 0 N–H and O–H groups in total. The molecule has 1 nitrogen and oxygen atoms in total. The van der Waals surface area contributed by atoms with Crippen LogP contribution in [0.25, 0.3) is 44.2 Å². The molecule has 0 saturated heterocycles. The molecule has 5 aliphatic rings. The summed E-state index contributed by atoms with van der Waals surface area (Å²) in [6.07, 6.45) is 7.04. The summed E-state index contributed by atoms with van der Waals surface area (Å²) in [6, 6.07) is 61.5. The standard InChI is InChI=1S/C50H41N/c1-2-10-35(11-3-1)36-20-22-41(23-21-36)51(42-15-8-14-38(31-42)45-18-9-13-37-12-4-5-16-44(37)45)43-24-25-47-46-17-6-7-19-48(46)50(49(47)32-43)39-27-33-26-34(29-39)30-40(50)28-33/h1-25,31-34,39-40H,26-30H2. The highest BCUT2D eigenvalue weighted by atomic mass is 15.1. The van der Waals surface area contributed by atoms with Crippen molar-refractivity contribution in [1.29, 1.82) is 0 Å². The molecule has 0 unspecified atom stereocenters. The summed E-state index contributed by atoms with van der Waals surface area (Å²) in [6.45, 7) is 0. The van der Waals surface area contributed by atoms with E-state index in [-0.39, 0.29) is 5.41 Å². The fourth-order valence-electron chi connectivity index (χ4n) is 11.4. The van der Waals surface area contributed by atoms with E-state index in [1.54, 1.807) is 11.1 Å². The Morgan fingerprint density at radius 2 is 0.980 bits per heavy atom. The van der Waals surface area contributed by atoms with Gasteiger partial charge in [0, 0.05) is 22.5 Å². The molecule has 0 heterocycles. The van der Waals surface area contributed by atoms with Gasteiger partial charge in [0.25, 0.3) is 0 Å². The van der Waals surface area contributed by atoms with Crippen LogP contribution < -0.4 is 4.90 Å². The molecule has 5 aliphatic carbocycles. The number of fused-ring (bicyclic) bond motifs is 4. The maximum atomic E-state index is 2.62. The van der Waals surface area contributed by atoms with Crippen molar-refractivity contribution >= 4 is 27.8 Å². The zero-order valence-electron chi connectivity index (χ0n) is 28.9. The Morgan fingerprint density at radius 1 is 0.392 bits per heavy atom. The average Bonchev–Trinajstić information content (AvgIpc) is 3.47. The molecule has 7 aromatic rings. The highest BCUT2D eigenvalue weighted by molar-refractivity contribution is 5.97. The van der Waals surface area contributed by atoms with Crippen LogP contribution in [0, 0.1) is 23.7 Å². The lowest BCUT2D eigenvalue weighted by Gasteiger charge is -2.61. The lowest BCUT2D eigenvalue weighted by Crippen LogP contribution is -2.55. The largest absolute Gasteiger partial charge is 0.310 e. The first-order chi connectivity index (χ1) is 25.2. The lowest BCUT2D eigenvalue weighted by atomic mass is 9.43. The Morgan fingerprint density at radius 3 is 1.80 bits per heavy atom. The average molecular weight is 656 g/mol. The van der Waals surface area contributed by atoms with E-state index in [9.17, 15) is 0 Å². The zero-order valence-corrected chi connectivity index (χ0v) is 28.9. The molecule has 51 heavy (non-hydrogen) atoms. The minimum absolute atomic E-state index is 0.128. The van der Waals surface area contributed by atoms with Gasteiger partial charge in [-0.1, -0.05) is 127 Å². The van der Waals surface area contributed by atoms with Crippen LogP contribution in [0.4, 0.5) is 17.1 Å². The molecule has 0 amide bonds. The highest BCUT2D eigenvalue weighted by Crippen LogP contribution is 2.69. The molecule has 1 spiro atoms. The monoisotopic (exact) mass is 655 g/mol. The second kappa shape index (κ2) is 11.3. The SMILES string of the molecule is c1ccc(-c2ccc(N(c3cccc(-c4cccc5ccccc45)c3)c3ccc4c(c3)C3(c5ccccc5-4)C4CC5CC(C4)CC3C5)cc2)cc1. The van der Waals surface area contributed by atoms with Gasteiger partial charge in [-0.2, -0.15) is 0 Å². The molecule has 0 aliphatic heterocycles. The molecule has 0 radical (unpaired) electrons. The smallest absolute Gasteiger partial charge is 0.0467 e. The van der Waals surface area contributed by atoms with Crippen LogP contribution in [0.2, 0.25) is 0 Å². The predicted octanol–water partition coefficient (Wildman–Crippen LogP) is 13.4. The molecule has 7 aromatic carbocycles. The van der Waals surface area contributed by atoms with Crippen LogP contribution in [-0.4, -0.2) is 0 Å². The summed E-state index contributed by atoms with van der Waals surface area (Å²) < 4.78 is 0. The lowest BCUT2D eigenvalue weighted by molar-refractivity contribution is -0.0399. The summed E-state index contributed by atoms with van der Waals surface area (Å²) in [7, 11) is 0. The molecule has 4 fully saturated rings. The summed E-state index contributed by atoms with van der Waals surface area (Å²) in [4.78, 5) is 2.51. The fourth-order valence-corrected chi connectivity index (χ4v) is 11.4. The van der Waals surface area contributed by atoms with Gasteiger partial charge in [0.15, 0.2) is 0 Å². The third kappa shape index (κ3) is 4.40. The third-order valence-corrected chi connectivity index (χ3v) is 13.2. The summed E-state index contributed by atoms with van der Waals surface area (Å²) >= 11 is 0. The summed E-state index contributed by atoms with van der Waals surface area (Å²) in [5, 5.41) is 2.56. The van der Waals surface area contributed by atoms with Crippen LogP contribution in [-0.2, 0) is 5.41 Å². The van der Waals surface area contributed by atoms with E-state index in [1.165, 1.54) is 93.3 Å². The van der Waals surface area contributed by atoms with Gasteiger partial charge in [-0.3, -0.25) is 0 Å². The Kier molecular flexibility index (Phi) is 6.50. The van der Waals surface area contributed by atoms with Crippen LogP contribution in [0.3, 0.4) is 0 Å². The Hall–Kier alpha value is -5.40. The van der Waals surface area contributed by atoms with Gasteiger partial charge < -0.3 is 4.90 Å². The number of benzene rings is 7. The predicted molar refractivity (Wildman–Crippen MR) is 213 cm³/mol. The Balaban J connectivity index is 1.10. The molecule has 0 atom stereocenters. The number of anilines is 3. The van der Waals surface area contributed by atoms with E-state index in [0.29, 0.717) is 0 Å². The van der Waals surface area contributed by atoms with E-state index in [4.69, 9.17) is 0 Å². The summed E-state index contributed by atoms with van der Waals surface area (Å²) in [5.41, 5.74) is 14.9. The second-order valence-corrected chi connectivity index (χ2v) is 15.8. The Labute approximate surface area is 301 Å². The summed E-state index contributed by atoms with van der Waals surface area (Å²) in [5.74, 6) is 3.32. The molecular weight excluding hydrogens is 615 g/mol. The van der Waals surface area contributed by atoms with Crippen molar-refractivity contribution in [3.8, 4) is 33.4 Å². The fraction of sp³-hybridized carbons (Fsp3) is 0.200. The van der Waals surface area contributed by atoms with Crippen molar-refractivity contribution in [3.05, 3.63) is 175 Å². The Bertz CT molecular complexity index is 2400. The highest BCUT2D eigenvalue weighted by Gasteiger charge is 2.61. The molecular formula is C50H41N. The van der Waals surface area contributed by atoms with Crippen molar-refractivity contribution in [2.45, 2.75) is 37.5 Å². The van der Waals surface area contributed by atoms with Crippen LogP contribution in [0.5, 0.6) is 0 Å². The van der Waals surface area contributed by atoms with Crippen molar-refractivity contribution in [1.82, 2.24) is 0 Å². The van der Waals surface area contributed by atoms with Crippen LogP contribution in [0.1, 0.15) is 43.2 Å². The maximum Gasteiger partial charge on any atom is 0.0467 e. The van der Waals surface area contributed by atoms with Crippen molar-refractivity contribution in [2.75, 3.05) is 4.90 Å². The first-order valence-electron chi connectivity index (χ1n) is 19.0. The number of hydrogen-bond donors (Lipinski definition) is 0. The van der Waals surface area contributed by atoms with Gasteiger partial charge in [-0.05, 0) is 147 Å². The van der Waals surface area contributed by atoms with Crippen molar-refractivity contribution in [2.24, 2.45) is 23.7 Å². The van der Waals surface area contributed by atoms with Gasteiger partial charge in [0.1, 0.15) is 0 Å². The molecule has 0 aromatic heterocycles. The van der Waals surface area contributed by atoms with Crippen molar-refractivity contribution in [3.63, 3.8) is 0 Å². The normalized spacial score (nSPS) is 23.8. The van der Waals surface area contributed by atoms with E-state index in [0.717, 1.165) is 23.7 Å². The van der Waals surface area contributed by atoms with E-state index in [2.05, 4.69) is 169 Å². The third-order valence-electron chi connectivity index (χ3n) is 13.2. The zero-order chi connectivity index (χ0) is 33.5. The minimum Gasteiger partial charge on any atom is -0.310 e. The van der Waals surface area contributed by atoms with Gasteiger partial charge in [0.05, 0.1) is 0 Å². The molecule has 12 rings (SSSR count). The van der Waals surface area contributed by atoms with Gasteiger partial charge in [-0.15, -0.1) is 0 Å². The van der Waals surface area contributed by atoms with E-state index in [1.807, 2.05) is 0 Å². The van der Waals surface area contributed by atoms with Gasteiger partial charge >= 0.3 is 0 Å². The molecule has 246 valence electrons. The minimum atomic E-state index is 0.128. The van der Waals surface area contributed by atoms with Crippen LogP contribution in [0.15, 0.2) is 164 Å². The van der Waals surface area contributed by atoms with Crippen molar-refractivity contribution < 1.29 is 0 Å². The second-order valence-electron chi connectivity index (χ2n) is 15.8. The molecule has 1 heteroatoms. The molecule has 4 bridgehead atoms. The topological polar surface area (TPSA) is 3.24 Å². The van der Waals surface area contributed by atoms with Crippen LogP contribution >= 0.6 is 0 Å². The van der Waals surface area contributed by atoms with E-state index >= 15 is 0 Å². The van der Waals surface area contributed by atoms with Gasteiger partial charge in [-0.25, -0.2) is 0 Å². The number of nitrogens with zero attached hydrogens (tertiary/aromatic N) is 1. The first kappa shape index (κ1) is 29.3. The quantitative estimate of drug-likeness (QED) is 0.178. The number of rotatable bonds is 5. The van der Waals surface area contributed by atoms with Gasteiger partial charge in [0.2, 0.25) is 0 Å². The molecule has 4 saturated carbocycles. The van der Waals surface area contributed by atoms with E-state index < -0.39 is 0 Å². The first-order valence-corrected chi connectivity index (χ1v) is 19.0. The number of hydrogen-bond acceptors (Lipinski definition) is 1.